The average Bonchev–Trinajstić information content (AvgIpc) is 3.15. The van der Waals surface area contributed by atoms with Crippen LogP contribution < -0.4 is 5.14 Å². The monoisotopic (exact) mass is 452 g/mol. The number of benzene rings is 2. The second kappa shape index (κ2) is 9.00. The van der Waals surface area contributed by atoms with Crippen LogP contribution in [0.3, 0.4) is 0 Å². The highest BCUT2D eigenvalue weighted by atomic mass is 32.2. The Kier molecular flexibility index (Phi) is 6.14. The second-order valence-corrected chi connectivity index (χ2v) is 9.06. The van der Waals surface area contributed by atoms with Gasteiger partial charge in [-0.1, -0.05) is 24.3 Å². The van der Waals surface area contributed by atoms with Gasteiger partial charge in [0.25, 0.3) is 0 Å². The Labute approximate surface area is 185 Å². The van der Waals surface area contributed by atoms with Crippen molar-refractivity contribution in [2.24, 2.45) is 5.14 Å². The number of rotatable bonds is 6. The Hall–Kier alpha value is -3.39. The van der Waals surface area contributed by atoms with E-state index in [2.05, 4.69) is 33.2 Å². The fraction of sp³-hybridized carbons (Fsp3) is 0.227. The lowest BCUT2D eigenvalue weighted by atomic mass is 10.1. The van der Waals surface area contributed by atoms with Crippen molar-refractivity contribution in [3.8, 4) is 11.8 Å². The molecule has 3 aromatic rings. The van der Waals surface area contributed by atoms with E-state index in [-0.39, 0.29) is 10.6 Å². The SMILES string of the molecule is N#Cc1cccc(Cc2nc(CN3CC=CCC3)nn2-c2ccc(S(N)(=O)=O)cc2F)c1. The molecule has 4 rings (SSSR count). The van der Waals surface area contributed by atoms with Gasteiger partial charge in [-0.25, -0.2) is 27.6 Å². The molecule has 2 aromatic carbocycles. The smallest absolute Gasteiger partial charge is 0.238 e. The molecule has 10 heteroatoms. The number of aromatic nitrogens is 3. The molecule has 8 nitrogen and oxygen atoms in total. The van der Waals surface area contributed by atoms with Crippen LogP contribution in [0.2, 0.25) is 0 Å². The van der Waals surface area contributed by atoms with Crippen LogP contribution in [0.5, 0.6) is 0 Å². The third-order valence-electron chi connectivity index (χ3n) is 5.12. The molecule has 1 aromatic heterocycles. The summed E-state index contributed by atoms with van der Waals surface area (Å²) in [6, 6.07) is 12.6. The molecule has 2 heterocycles. The van der Waals surface area contributed by atoms with E-state index in [0.29, 0.717) is 30.2 Å². The lowest BCUT2D eigenvalue weighted by molar-refractivity contribution is 0.283. The van der Waals surface area contributed by atoms with Crippen molar-refractivity contribution < 1.29 is 12.8 Å². The number of nitriles is 1. The summed E-state index contributed by atoms with van der Waals surface area (Å²) in [7, 11) is -4.03. The zero-order chi connectivity index (χ0) is 22.7. The van der Waals surface area contributed by atoms with Crippen molar-refractivity contribution in [2.45, 2.75) is 24.3 Å². The van der Waals surface area contributed by atoms with Crippen molar-refractivity contribution in [3.05, 3.63) is 83.2 Å². The predicted octanol–water partition coefficient (Wildman–Crippen LogP) is 2.28. The average molecular weight is 453 g/mol. The van der Waals surface area contributed by atoms with Gasteiger partial charge in [0.1, 0.15) is 17.3 Å². The molecule has 2 N–H and O–H groups in total. The van der Waals surface area contributed by atoms with Crippen molar-refractivity contribution in [1.29, 1.82) is 5.26 Å². The maximum atomic E-state index is 14.9. The molecule has 0 fully saturated rings. The minimum atomic E-state index is -4.03. The van der Waals surface area contributed by atoms with Crippen molar-refractivity contribution in [1.82, 2.24) is 19.7 Å². The first-order chi connectivity index (χ1) is 15.3. The van der Waals surface area contributed by atoms with Gasteiger partial charge in [0.2, 0.25) is 10.0 Å². The summed E-state index contributed by atoms with van der Waals surface area (Å²) in [5.41, 5.74) is 1.41. The molecular formula is C22H21FN6O2S. The molecule has 0 saturated heterocycles. The van der Waals surface area contributed by atoms with Crippen molar-refractivity contribution >= 4 is 10.0 Å². The van der Waals surface area contributed by atoms with Crippen LogP contribution in [0.25, 0.3) is 5.69 Å². The highest BCUT2D eigenvalue weighted by Gasteiger charge is 2.19. The van der Waals surface area contributed by atoms with E-state index in [4.69, 9.17) is 5.14 Å². The highest BCUT2D eigenvalue weighted by molar-refractivity contribution is 7.89. The van der Waals surface area contributed by atoms with Gasteiger partial charge in [-0.3, -0.25) is 4.90 Å². The first-order valence-electron chi connectivity index (χ1n) is 9.97. The molecule has 0 bridgehead atoms. The molecule has 0 amide bonds. The van der Waals surface area contributed by atoms with Crippen LogP contribution in [-0.4, -0.2) is 41.2 Å². The molecular weight excluding hydrogens is 431 g/mol. The lowest BCUT2D eigenvalue weighted by Crippen LogP contribution is -2.27. The number of hydrogen-bond donors (Lipinski definition) is 1. The van der Waals surface area contributed by atoms with Gasteiger partial charge in [-0.2, -0.15) is 5.26 Å². The van der Waals surface area contributed by atoms with E-state index in [0.717, 1.165) is 31.1 Å². The minimum Gasteiger partial charge on any atom is -0.292 e. The fourth-order valence-corrected chi connectivity index (χ4v) is 4.09. The summed E-state index contributed by atoms with van der Waals surface area (Å²) < 4.78 is 39.4. The Morgan fingerprint density at radius 1 is 1.19 bits per heavy atom. The van der Waals surface area contributed by atoms with Crippen LogP contribution in [0.15, 0.2) is 59.5 Å². The lowest BCUT2D eigenvalue weighted by Gasteiger charge is -2.20. The van der Waals surface area contributed by atoms with Gasteiger partial charge >= 0.3 is 0 Å². The topological polar surface area (TPSA) is 118 Å². The number of sulfonamides is 1. The summed E-state index contributed by atoms with van der Waals surface area (Å²) in [4.78, 5) is 6.50. The van der Waals surface area contributed by atoms with E-state index in [9.17, 15) is 18.1 Å². The molecule has 32 heavy (non-hydrogen) atoms. The van der Waals surface area contributed by atoms with Crippen LogP contribution >= 0.6 is 0 Å². The Morgan fingerprint density at radius 2 is 2.03 bits per heavy atom. The molecule has 164 valence electrons. The molecule has 0 atom stereocenters. The third kappa shape index (κ3) is 4.91. The minimum absolute atomic E-state index is 0.0705. The molecule has 0 spiro atoms. The number of hydrogen-bond acceptors (Lipinski definition) is 6. The largest absolute Gasteiger partial charge is 0.292 e. The Balaban J connectivity index is 1.73. The zero-order valence-electron chi connectivity index (χ0n) is 17.1. The van der Waals surface area contributed by atoms with Gasteiger partial charge in [0.15, 0.2) is 5.82 Å². The van der Waals surface area contributed by atoms with Gasteiger partial charge in [0.05, 0.1) is 23.1 Å². The second-order valence-electron chi connectivity index (χ2n) is 7.50. The zero-order valence-corrected chi connectivity index (χ0v) is 18.0. The van der Waals surface area contributed by atoms with Crippen molar-refractivity contribution in [2.75, 3.05) is 13.1 Å². The quantitative estimate of drug-likeness (QED) is 0.573. The third-order valence-corrected chi connectivity index (χ3v) is 6.03. The summed E-state index contributed by atoms with van der Waals surface area (Å²) in [6.45, 7) is 2.16. The van der Waals surface area contributed by atoms with Gasteiger partial charge in [-0.15, -0.1) is 5.10 Å². The summed E-state index contributed by atoms with van der Waals surface area (Å²) in [6.07, 6.45) is 5.47. The first kappa shape index (κ1) is 21.8. The maximum absolute atomic E-state index is 14.9. The van der Waals surface area contributed by atoms with Crippen LogP contribution in [0.1, 0.15) is 29.2 Å². The summed E-state index contributed by atoms with van der Waals surface area (Å²) >= 11 is 0. The molecule has 1 aliphatic rings. The van der Waals surface area contributed by atoms with E-state index in [1.807, 2.05) is 6.07 Å². The maximum Gasteiger partial charge on any atom is 0.238 e. The molecule has 1 aliphatic heterocycles. The standard InChI is InChI=1S/C22H21FN6O2S/c23-19-13-18(32(25,30)31)7-8-20(19)29-22(12-16-5-4-6-17(11-16)14-24)26-21(27-29)15-28-9-2-1-3-10-28/h1-2,4-8,11,13H,3,9-10,12,15H2,(H2,25,30,31). The van der Waals surface area contributed by atoms with Crippen molar-refractivity contribution in [3.63, 3.8) is 0 Å². The molecule has 0 saturated carbocycles. The van der Waals surface area contributed by atoms with Crippen LogP contribution in [0, 0.1) is 17.1 Å². The van der Waals surface area contributed by atoms with E-state index >= 15 is 0 Å². The number of nitrogens with two attached hydrogens (primary N) is 1. The first-order valence-corrected chi connectivity index (χ1v) is 11.5. The predicted molar refractivity (Wildman–Crippen MR) is 116 cm³/mol. The fourth-order valence-electron chi connectivity index (χ4n) is 3.57. The van der Waals surface area contributed by atoms with Crippen LogP contribution in [-0.2, 0) is 23.0 Å². The van der Waals surface area contributed by atoms with Gasteiger partial charge in [0, 0.05) is 19.5 Å². The van der Waals surface area contributed by atoms with E-state index in [1.54, 1.807) is 18.2 Å². The Bertz CT molecular complexity index is 1330. The Morgan fingerprint density at radius 3 is 2.72 bits per heavy atom. The number of nitrogens with zero attached hydrogens (tertiary/aromatic N) is 5. The van der Waals surface area contributed by atoms with Gasteiger partial charge in [-0.05, 0) is 42.3 Å². The number of halogens is 1. The van der Waals surface area contributed by atoms with E-state index < -0.39 is 15.8 Å². The highest BCUT2D eigenvalue weighted by Crippen LogP contribution is 2.21. The van der Waals surface area contributed by atoms with E-state index in [1.165, 1.54) is 16.8 Å². The normalized spacial score (nSPS) is 14.4. The molecule has 0 radical (unpaired) electrons. The summed E-state index contributed by atoms with van der Waals surface area (Å²) in [5.74, 6) is 0.229. The van der Waals surface area contributed by atoms with Gasteiger partial charge < -0.3 is 0 Å². The van der Waals surface area contributed by atoms with Crippen LogP contribution in [0.4, 0.5) is 4.39 Å². The summed E-state index contributed by atoms with van der Waals surface area (Å²) in [5, 5.41) is 18.8. The molecule has 0 aliphatic carbocycles. The molecule has 0 unspecified atom stereocenters. The number of primary sulfonamides is 1.